The molecule has 0 saturated heterocycles. The SMILES string of the molecule is CCC(C)CCCC(=O)OC(CC(=O)[O-])C[N+](C)(C)C. The highest BCUT2D eigenvalue weighted by atomic mass is 16.5. The number of ether oxygens (including phenoxy) is 1. The van der Waals surface area contributed by atoms with Crippen LogP contribution in [0.25, 0.3) is 0 Å². The van der Waals surface area contributed by atoms with Crippen molar-refractivity contribution >= 4 is 11.9 Å². The van der Waals surface area contributed by atoms with Crippen molar-refractivity contribution in [3.8, 4) is 0 Å². The van der Waals surface area contributed by atoms with E-state index in [1.165, 1.54) is 0 Å². The summed E-state index contributed by atoms with van der Waals surface area (Å²) in [5.41, 5.74) is 0. The quantitative estimate of drug-likeness (QED) is 0.443. The lowest BCUT2D eigenvalue weighted by Crippen LogP contribution is -2.45. The molecular weight excluding hydrogens is 258 g/mol. The molecule has 0 bridgehead atoms. The molecule has 0 aromatic carbocycles. The predicted molar refractivity (Wildman–Crippen MR) is 75.7 cm³/mol. The maximum Gasteiger partial charge on any atom is 0.306 e. The summed E-state index contributed by atoms with van der Waals surface area (Å²) in [6, 6.07) is 0. The zero-order chi connectivity index (χ0) is 15.8. The molecule has 0 aromatic rings. The van der Waals surface area contributed by atoms with Gasteiger partial charge in [-0.3, -0.25) is 4.79 Å². The molecule has 20 heavy (non-hydrogen) atoms. The highest BCUT2D eigenvalue weighted by molar-refractivity contribution is 5.70. The lowest BCUT2D eigenvalue weighted by atomic mass is 10.0. The summed E-state index contributed by atoms with van der Waals surface area (Å²) in [6.45, 7) is 4.74. The van der Waals surface area contributed by atoms with Gasteiger partial charge >= 0.3 is 5.97 Å². The number of rotatable bonds is 10. The van der Waals surface area contributed by atoms with Gasteiger partial charge in [0.1, 0.15) is 6.54 Å². The van der Waals surface area contributed by atoms with Crippen molar-refractivity contribution in [2.75, 3.05) is 27.7 Å². The maximum absolute atomic E-state index is 11.7. The summed E-state index contributed by atoms with van der Waals surface area (Å²) in [7, 11) is 5.79. The van der Waals surface area contributed by atoms with E-state index >= 15 is 0 Å². The summed E-state index contributed by atoms with van der Waals surface area (Å²) < 4.78 is 5.82. The van der Waals surface area contributed by atoms with Crippen LogP contribution in [-0.2, 0) is 14.3 Å². The Morgan fingerprint density at radius 3 is 2.30 bits per heavy atom. The highest BCUT2D eigenvalue weighted by Crippen LogP contribution is 2.13. The largest absolute Gasteiger partial charge is 0.550 e. The number of quaternary nitrogens is 1. The van der Waals surface area contributed by atoms with Crippen LogP contribution in [0.2, 0.25) is 0 Å². The number of carboxylic acids is 1. The number of esters is 1. The van der Waals surface area contributed by atoms with Crippen LogP contribution in [0.3, 0.4) is 0 Å². The van der Waals surface area contributed by atoms with Gasteiger partial charge in [-0.1, -0.05) is 26.7 Å². The van der Waals surface area contributed by atoms with Crippen LogP contribution < -0.4 is 5.11 Å². The minimum atomic E-state index is -1.18. The van der Waals surface area contributed by atoms with Gasteiger partial charge in [-0.05, 0) is 12.3 Å². The van der Waals surface area contributed by atoms with Gasteiger partial charge in [0.2, 0.25) is 0 Å². The van der Waals surface area contributed by atoms with Crippen molar-refractivity contribution in [1.82, 2.24) is 0 Å². The second-order valence-electron chi connectivity index (χ2n) is 6.57. The van der Waals surface area contributed by atoms with Crippen LogP contribution in [-0.4, -0.2) is 50.2 Å². The fourth-order valence-corrected chi connectivity index (χ4v) is 1.98. The summed E-state index contributed by atoms with van der Waals surface area (Å²) in [5, 5.41) is 10.7. The molecule has 118 valence electrons. The molecule has 0 saturated carbocycles. The second-order valence-corrected chi connectivity index (χ2v) is 6.57. The summed E-state index contributed by atoms with van der Waals surface area (Å²) >= 11 is 0. The molecule has 5 heteroatoms. The summed E-state index contributed by atoms with van der Waals surface area (Å²) in [6.07, 6.45) is 2.38. The second kappa shape index (κ2) is 8.95. The number of hydrogen-bond acceptors (Lipinski definition) is 4. The smallest absolute Gasteiger partial charge is 0.306 e. The van der Waals surface area contributed by atoms with Crippen molar-refractivity contribution in [2.45, 2.75) is 52.1 Å². The van der Waals surface area contributed by atoms with Gasteiger partial charge in [-0.2, -0.15) is 0 Å². The first kappa shape index (κ1) is 18.9. The van der Waals surface area contributed by atoms with Crippen LogP contribution in [0.15, 0.2) is 0 Å². The molecule has 0 aliphatic rings. The van der Waals surface area contributed by atoms with Gasteiger partial charge in [0.15, 0.2) is 6.10 Å². The van der Waals surface area contributed by atoms with Crippen molar-refractivity contribution in [3.05, 3.63) is 0 Å². The van der Waals surface area contributed by atoms with Gasteiger partial charge < -0.3 is 19.1 Å². The topological polar surface area (TPSA) is 66.4 Å². The molecule has 2 unspecified atom stereocenters. The molecule has 0 fully saturated rings. The molecule has 0 rings (SSSR count). The molecule has 0 N–H and O–H groups in total. The molecule has 0 heterocycles. The standard InChI is InChI=1S/C15H29NO4/c1-6-12(2)8-7-9-15(19)20-13(10-14(17)18)11-16(3,4)5/h12-13H,6-11H2,1-5H3. The maximum atomic E-state index is 11.7. The van der Waals surface area contributed by atoms with Crippen LogP contribution in [0.1, 0.15) is 46.0 Å². The first-order valence-electron chi connectivity index (χ1n) is 7.33. The zero-order valence-corrected chi connectivity index (χ0v) is 13.5. The van der Waals surface area contributed by atoms with Gasteiger partial charge in [0, 0.05) is 18.8 Å². The van der Waals surface area contributed by atoms with Crippen LogP contribution in [0.5, 0.6) is 0 Å². The minimum absolute atomic E-state index is 0.243. The number of carboxylic acid groups (broad SMARTS) is 1. The Bertz CT molecular complexity index is 309. The Morgan fingerprint density at radius 2 is 1.85 bits per heavy atom. The number of hydrogen-bond donors (Lipinski definition) is 0. The molecular formula is C15H29NO4. The Balaban J connectivity index is 4.21. The van der Waals surface area contributed by atoms with E-state index in [1.807, 2.05) is 21.1 Å². The third kappa shape index (κ3) is 10.8. The van der Waals surface area contributed by atoms with E-state index in [4.69, 9.17) is 4.74 Å². The van der Waals surface area contributed by atoms with Crippen molar-refractivity contribution in [1.29, 1.82) is 0 Å². The fraction of sp³-hybridized carbons (Fsp3) is 0.867. The van der Waals surface area contributed by atoms with Gasteiger partial charge in [0.05, 0.1) is 21.1 Å². The number of likely N-dealkylation sites (N-methyl/N-ethyl adjacent to an activating group) is 1. The number of carbonyl (C=O) groups is 2. The van der Waals surface area contributed by atoms with E-state index in [0.717, 1.165) is 19.3 Å². The third-order valence-corrected chi connectivity index (χ3v) is 3.22. The normalized spacial score (nSPS) is 14.7. The molecule has 0 aliphatic heterocycles. The number of aliphatic carboxylic acids is 1. The Labute approximate surface area is 122 Å². The van der Waals surface area contributed by atoms with E-state index < -0.39 is 12.1 Å². The highest BCUT2D eigenvalue weighted by Gasteiger charge is 2.22. The Morgan fingerprint density at radius 1 is 1.25 bits per heavy atom. The average molecular weight is 287 g/mol. The van der Waals surface area contributed by atoms with E-state index in [1.54, 1.807) is 0 Å². The molecule has 0 radical (unpaired) electrons. The molecule has 0 aliphatic carbocycles. The molecule has 0 spiro atoms. The van der Waals surface area contributed by atoms with E-state index in [9.17, 15) is 14.7 Å². The average Bonchev–Trinajstić information content (AvgIpc) is 2.25. The molecule has 2 atom stereocenters. The van der Waals surface area contributed by atoms with E-state index in [0.29, 0.717) is 23.4 Å². The van der Waals surface area contributed by atoms with E-state index in [-0.39, 0.29) is 12.4 Å². The van der Waals surface area contributed by atoms with Crippen molar-refractivity contribution in [3.63, 3.8) is 0 Å². The first-order chi connectivity index (χ1) is 9.14. The summed E-state index contributed by atoms with van der Waals surface area (Å²) in [5.74, 6) is -0.892. The lowest BCUT2D eigenvalue weighted by Gasteiger charge is -2.29. The van der Waals surface area contributed by atoms with Crippen LogP contribution >= 0.6 is 0 Å². The van der Waals surface area contributed by atoms with E-state index in [2.05, 4.69) is 13.8 Å². The zero-order valence-electron chi connectivity index (χ0n) is 13.5. The van der Waals surface area contributed by atoms with Gasteiger partial charge in [0.25, 0.3) is 0 Å². The van der Waals surface area contributed by atoms with Gasteiger partial charge in [-0.15, -0.1) is 0 Å². The van der Waals surface area contributed by atoms with Crippen LogP contribution in [0, 0.1) is 5.92 Å². The third-order valence-electron chi connectivity index (χ3n) is 3.22. The van der Waals surface area contributed by atoms with Gasteiger partial charge in [-0.25, -0.2) is 0 Å². The molecule has 0 amide bonds. The Kier molecular flexibility index (Phi) is 8.46. The van der Waals surface area contributed by atoms with Crippen molar-refractivity contribution < 1.29 is 23.9 Å². The number of nitrogens with zero attached hydrogens (tertiary/aromatic N) is 1. The fourth-order valence-electron chi connectivity index (χ4n) is 1.98. The first-order valence-corrected chi connectivity index (χ1v) is 7.33. The Hall–Kier alpha value is -1.10. The monoisotopic (exact) mass is 287 g/mol. The lowest BCUT2D eigenvalue weighted by molar-refractivity contribution is -0.873. The molecule has 5 nitrogen and oxygen atoms in total. The van der Waals surface area contributed by atoms with Crippen LogP contribution in [0.4, 0.5) is 0 Å². The molecule has 0 aromatic heterocycles. The summed E-state index contributed by atoms with van der Waals surface area (Å²) in [4.78, 5) is 22.5. The van der Waals surface area contributed by atoms with Crippen molar-refractivity contribution in [2.24, 2.45) is 5.92 Å². The number of carbonyl (C=O) groups excluding carboxylic acids is 2. The minimum Gasteiger partial charge on any atom is -0.550 e. The predicted octanol–water partition coefficient (Wildman–Crippen LogP) is 0.961.